The van der Waals surface area contributed by atoms with Crippen molar-refractivity contribution in [1.82, 2.24) is 0 Å². The zero-order valence-electron chi connectivity index (χ0n) is 18.5. The maximum absolute atomic E-state index is 6.55. The van der Waals surface area contributed by atoms with E-state index in [1.54, 1.807) is 0 Å². The largest absolute Gasteiger partial charge is 0.350 e. The summed E-state index contributed by atoms with van der Waals surface area (Å²) in [6, 6.07) is 11.1. The molecule has 0 aromatic heterocycles. The molecular formula is C26H40NO2+. The molecule has 2 bridgehead atoms. The van der Waals surface area contributed by atoms with Crippen LogP contribution in [0.2, 0.25) is 0 Å². The summed E-state index contributed by atoms with van der Waals surface area (Å²) < 4.78 is 14.0. The van der Waals surface area contributed by atoms with Gasteiger partial charge in [0.25, 0.3) is 0 Å². The number of nitrogens with zero attached hydrogens (tertiary/aromatic N) is 1. The van der Waals surface area contributed by atoms with E-state index in [2.05, 4.69) is 44.2 Å². The molecule has 3 heteroatoms. The molecule has 29 heavy (non-hydrogen) atoms. The number of piperidine rings is 1. The molecular weight excluding hydrogens is 358 g/mol. The van der Waals surface area contributed by atoms with E-state index in [-0.39, 0.29) is 12.4 Å². The number of ether oxygens (including phenoxy) is 2. The molecule has 2 aliphatic heterocycles. The standard InChI is InChI=1S/C26H40NO2/c1-26(2)22-12-11-21(15-22)24(26)16-25-28-19-23(29-25)18-27(13-7-4-8-14-27)17-20-9-5-3-6-10-20/h3,5-6,9-10,21-25H,4,7-8,11-19H2,1-2H3/q+1/t21?,22?,23?,24-,25?/m0/s1. The van der Waals surface area contributed by atoms with E-state index in [1.165, 1.54) is 61.7 Å². The van der Waals surface area contributed by atoms with Crippen LogP contribution in [0.3, 0.4) is 0 Å². The van der Waals surface area contributed by atoms with E-state index in [0.717, 1.165) is 43.9 Å². The quantitative estimate of drug-likeness (QED) is 0.598. The van der Waals surface area contributed by atoms with Crippen molar-refractivity contribution in [2.24, 2.45) is 23.2 Å². The van der Waals surface area contributed by atoms with Crippen LogP contribution in [0.1, 0.15) is 64.4 Å². The minimum atomic E-state index is 0.0326. The Morgan fingerprint density at radius 3 is 2.55 bits per heavy atom. The van der Waals surface area contributed by atoms with Crippen LogP contribution in [0.15, 0.2) is 30.3 Å². The van der Waals surface area contributed by atoms with Crippen LogP contribution >= 0.6 is 0 Å². The summed E-state index contributed by atoms with van der Waals surface area (Å²) in [5.74, 6) is 2.63. The van der Waals surface area contributed by atoms with Crippen LogP contribution in [0.4, 0.5) is 0 Å². The molecule has 0 spiro atoms. The van der Waals surface area contributed by atoms with Crippen molar-refractivity contribution >= 4 is 0 Å². The van der Waals surface area contributed by atoms with Gasteiger partial charge in [0.2, 0.25) is 0 Å². The van der Waals surface area contributed by atoms with Gasteiger partial charge in [0.15, 0.2) is 6.29 Å². The van der Waals surface area contributed by atoms with Crippen molar-refractivity contribution in [1.29, 1.82) is 0 Å². The molecule has 0 radical (unpaired) electrons. The Balaban J connectivity index is 1.21. The summed E-state index contributed by atoms with van der Waals surface area (Å²) >= 11 is 0. The topological polar surface area (TPSA) is 18.5 Å². The maximum atomic E-state index is 6.55. The maximum Gasteiger partial charge on any atom is 0.158 e. The molecule has 4 fully saturated rings. The Hall–Kier alpha value is -0.900. The first-order valence-electron chi connectivity index (χ1n) is 12.2. The summed E-state index contributed by atoms with van der Waals surface area (Å²) in [6.45, 7) is 10.6. The number of quaternary nitrogens is 1. The highest BCUT2D eigenvalue weighted by Crippen LogP contribution is 2.60. The second kappa shape index (κ2) is 7.98. The molecule has 4 unspecified atom stereocenters. The highest BCUT2D eigenvalue weighted by atomic mass is 16.7. The molecule has 1 aromatic carbocycles. The molecule has 2 aliphatic carbocycles. The first-order chi connectivity index (χ1) is 14.0. The van der Waals surface area contributed by atoms with Gasteiger partial charge in [-0.05, 0) is 61.7 Å². The number of benzene rings is 1. The third-order valence-electron chi connectivity index (χ3n) is 9.03. The van der Waals surface area contributed by atoms with Crippen LogP contribution in [-0.4, -0.2) is 43.1 Å². The van der Waals surface area contributed by atoms with Gasteiger partial charge in [-0.3, -0.25) is 0 Å². The van der Waals surface area contributed by atoms with Crippen molar-refractivity contribution in [3.05, 3.63) is 35.9 Å². The van der Waals surface area contributed by atoms with Crippen molar-refractivity contribution in [3.63, 3.8) is 0 Å². The second-order valence-corrected chi connectivity index (χ2v) is 11.1. The Kier molecular flexibility index (Phi) is 5.51. The molecule has 160 valence electrons. The first kappa shape index (κ1) is 20.0. The number of likely N-dealkylation sites (tertiary alicyclic amines) is 1. The molecule has 0 N–H and O–H groups in total. The normalized spacial score (nSPS) is 37.8. The van der Waals surface area contributed by atoms with Crippen molar-refractivity contribution in [2.75, 3.05) is 26.2 Å². The zero-order valence-corrected chi connectivity index (χ0v) is 18.5. The van der Waals surface area contributed by atoms with Crippen LogP contribution in [0, 0.1) is 23.2 Å². The monoisotopic (exact) mass is 398 g/mol. The lowest BCUT2D eigenvalue weighted by atomic mass is 9.67. The highest BCUT2D eigenvalue weighted by Gasteiger charge is 2.53. The molecule has 2 saturated carbocycles. The van der Waals surface area contributed by atoms with Crippen LogP contribution in [0.25, 0.3) is 0 Å². The number of hydrogen-bond acceptors (Lipinski definition) is 2. The molecule has 5 atom stereocenters. The van der Waals surface area contributed by atoms with Crippen molar-refractivity contribution in [3.8, 4) is 0 Å². The predicted molar refractivity (Wildman–Crippen MR) is 116 cm³/mol. The summed E-state index contributed by atoms with van der Waals surface area (Å²) in [6.07, 6.45) is 9.84. The van der Waals surface area contributed by atoms with Gasteiger partial charge in [-0.25, -0.2) is 0 Å². The number of rotatable bonds is 6. The number of hydrogen-bond donors (Lipinski definition) is 0. The van der Waals surface area contributed by atoms with Gasteiger partial charge >= 0.3 is 0 Å². The summed E-state index contributed by atoms with van der Waals surface area (Å²) in [5.41, 5.74) is 1.94. The Morgan fingerprint density at radius 2 is 1.83 bits per heavy atom. The smallest absolute Gasteiger partial charge is 0.158 e. The molecule has 5 rings (SSSR count). The van der Waals surface area contributed by atoms with Crippen LogP contribution in [-0.2, 0) is 16.0 Å². The lowest BCUT2D eigenvalue weighted by Crippen LogP contribution is -2.54. The molecule has 2 saturated heterocycles. The van der Waals surface area contributed by atoms with E-state index in [0.29, 0.717) is 5.41 Å². The van der Waals surface area contributed by atoms with E-state index in [4.69, 9.17) is 9.47 Å². The van der Waals surface area contributed by atoms with Crippen molar-refractivity contribution in [2.45, 2.75) is 77.7 Å². The lowest BCUT2D eigenvalue weighted by molar-refractivity contribution is -0.947. The van der Waals surface area contributed by atoms with Gasteiger partial charge in [0.1, 0.15) is 19.2 Å². The second-order valence-electron chi connectivity index (χ2n) is 11.1. The molecule has 4 aliphatic rings. The number of fused-ring (bicyclic) bond motifs is 2. The van der Waals surface area contributed by atoms with Crippen molar-refractivity contribution < 1.29 is 14.0 Å². The van der Waals surface area contributed by atoms with Gasteiger partial charge in [0, 0.05) is 12.0 Å². The van der Waals surface area contributed by atoms with Gasteiger partial charge in [-0.2, -0.15) is 0 Å². The van der Waals surface area contributed by atoms with Gasteiger partial charge in [0.05, 0.1) is 19.7 Å². The van der Waals surface area contributed by atoms with Crippen LogP contribution < -0.4 is 0 Å². The Morgan fingerprint density at radius 1 is 1.03 bits per heavy atom. The summed E-state index contributed by atoms with van der Waals surface area (Å²) in [5, 5.41) is 0. The average Bonchev–Trinajstić information content (AvgIpc) is 3.41. The third-order valence-corrected chi connectivity index (χ3v) is 9.03. The van der Waals surface area contributed by atoms with Crippen LogP contribution in [0.5, 0.6) is 0 Å². The van der Waals surface area contributed by atoms with Gasteiger partial charge < -0.3 is 14.0 Å². The summed E-state index contributed by atoms with van der Waals surface area (Å²) in [4.78, 5) is 0. The summed E-state index contributed by atoms with van der Waals surface area (Å²) in [7, 11) is 0. The van der Waals surface area contributed by atoms with E-state index in [9.17, 15) is 0 Å². The minimum Gasteiger partial charge on any atom is -0.350 e. The molecule has 0 amide bonds. The zero-order chi connectivity index (χ0) is 19.9. The van der Waals surface area contributed by atoms with E-state index >= 15 is 0 Å². The van der Waals surface area contributed by atoms with E-state index in [1.807, 2.05) is 0 Å². The SMILES string of the molecule is CC1(C)C2CCC(C2)[C@@H]1CC1OCC(C[N+]2(Cc3ccccc3)CCCCC2)O1. The molecule has 2 heterocycles. The minimum absolute atomic E-state index is 0.0326. The molecule has 1 aromatic rings. The third kappa shape index (κ3) is 4.03. The van der Waals surface area contributed by atoms with Gasteiger partial charge in [-0.15, -0.1) is 0 Å². The fourth-order valence-corrected chi connectivity index (χ4v) is 7.39. The Bertz CT molecular complexity index is 681. The van der Waals surface area contributed by atoms with E-state index < -0.39 is 0 Å². The van der Waals surface area contributed by atoms with Gasteiger partial charge in [-0.1, -0.05) is 44.2 Å². The average molecular weight is 399 g/mol. The first-order valence-corrected chi connectivity index (χ1v) is 12.2. The molecule has 3 nitrogen and oxygen atoms in total. The fraction of sp³-hybridized carbons (Fsp3) is 0.769. The predicted octanol–water partition coefficient (Wildman–Crippen LogP) is 5.39. The Labute approximate surface area is 177 Å². The highest BCUT2D eigenvalue weighted by molar-refractivity contribution is 5.13. The lowest BCUT2D eigenvalue weighted by Gasteiger charge is -2.43. The fourth-order valence-electron chi connectivity index (χ4n) is 7.39.